The van der Waals surface area contributed by atoms with Gasteiger partial charge in [0.2, 0.25) is 0 Å². The largest absolute Gasteiger partial charge is 1.00 e. The molecule has 0 aliphatic heterocycles. The quantitative estimate of drug-likeness (QED) is 0.157. The van der Waals surface area contributed by atoms with Crippen LogP contribution in [0.1, 0.15) is 12.8 Å². The number of nitrogens with two attached hydrogens (primary N) is 3. The van der Waals surface area contributed by atoms with E-state index in [1.807, 2.05) is 0 Å². The molecule has 0 amide bonds. The summed E-state index contributed by atoms with van der Waals surface area (Å²) in [5, 5.41) is 61.7. The number of carboxylic acid groups (broad SMARTS) is 6. The second-order valence-electron chi connectivity index (χ2n) is 4.21. The molecule has 0 fully saturated rings. The van der Waals surface area contributed by atoms with E-state index in [0.29, 0.717) is 0 Å². The Morgan fingerprint density at radius 3 is 0.839 bits per heavy atom. The van der Waals surface area contributed by atoms with E-state index in [1.54, 1.807) is 0 Å². The van der Waals surface area contributed by atoms with Gasteiger partial charge < -0.3 is 67.3 Å². The molecule has 0 aromatic rings. The van der Waals surface area contributed by atoms with Gasteiger partial charge in [0.1, 0.15) is 5.60 Å². The monoisotopic (exact) mass is 483 g/mol. The summed E-state index contributed by atoms with van der Waals surface area (Å²) in [6.07, 6.45) is -2.72. The Bertz CT molecular complexity index is 500. The van der Waals surface area contributed by atoms with Crippen molar-refractivity contribution in [1.29, 1.82) is 0 Å². The zero-order valence-corrected chi connectivity index (χ0v) is 23.2. The summed E-state index contributed by atoms with van der Waals surface area (Å²) < 4.78 is 0. The Kier molecular flexibility index (Phi) is 46.1. The predicted molar refractivity (Wildman–Crippen MR) is 79.3 cm³/mol. The van der Waals surface area contributed by atoms with Crippen molar-refractivity contribution in [2.24, 2.45) is 17.2 Å². The van der Waals surface area contributed by atoms with E-state index in [9.17, 15) is 44.1 Å². The summed E-state index contributed by atoms with van der Waals surface area (Å²) in [7, 11) is 0. The third-order valence-corrected chi connectivity index (χ3v) is 1.78. The maximum atomic E-state index is 10.1. The molecule has 0 radical (unpaired) electrons. The van der Waals surface area contributed by atoms with Crippen molar-refractivity contribution in [3.63, 3.8) is 0 Å². The number of rotatable bonds is 8. The molecular weight excluding hydrogens is 463 g/mol. The van der Waals surface area contributed by atoms with Gasteiger partial charge in [-0.15, -0.1) is 0 Å². The summed E-state index contributed by atoms with van der Waals surface area (Å²) >= 11 is 0. The standard InChI is InChI=1S/C6H8O7.3C2H5NO2.3Na/c7-3(8)1-6(13,5(11)12)2-4(9)10;3*3-1-2(4)5;;;/h13H,1-2H2,(H,7,8)(H,9,10)(H,11,12);3*1,3H2,(H,4,5);;;/q;;;;3*+1/p-3. The average Bonchev–Trinajstić information content (AvgIpc) is 2.54. The van der Waals surface area contributed by atoms with Crippen molar-refractivity contribution in [2.75, 3.05) is 19.6 Å². The number of carbonyl (C=O) groups is 6. The van der Waals surface area contributed by atoms with E-state index in [4.69, 9.17) is 20.4 Å². The summed E-state index contributed by atoms with van der Waals surface area (Å²) in [4.78, 5) is 57.7. The van der Waals surface area contributed by atoms with Gasteiger partial charge in [-0.25, -0.2) is 0 Å². The molecule has 16 nitrogen and oxygen atoms in total. The van der Waals surface area contributed by atoms with Crippen LogP contribution in [0.2, 0.25) is 0 Å². The second kappa shape index (κ2) is 29.7. The van der Waals surface area contributed by atoms with Crippen LogP contribution in [0.5, 0.6) is 0 Å². The average molecular weight is 483 g/mol. The molecule has 0 aliphatic rings. The van der Waals surface area contributed by atoms with Crippen LogP contribution in [0.4, 0.5) is 0 Å². The van der Waals surface area contributed by atoms with Crippen molar-refractivity contribution >= 4 is 35.8 Å². The summed E-state index contributed by atoms with van der Waals surface area (Å²) in [5.41, 5.74) is 10.7. The molecule has 0 saturated heterocycles. The van der Waals surface area contributed by atoms with Gasteiger partial charge in [0.25, 0.3) is 0 Å². The van der Waals surface area contributed by atoms with Gasteiger partial charge in [-0.05, 0) is 0 Å². The summed E-state index contributed by atoms with van der Waals surface area (Å²) in [5.74, 6) is -8.89. The molecule has 0 aromatic carbocycles. The molecule has 0 aromatic heterocycles. The Labute approximate surface area is 242 Å². The van der Waals surface area contributed by atoms with Crippen LogP contribution in [0.25, 0.3) is 0 Å². The number of aliphatic carboxylic acids is 6. The van der Waals surface area contributed by atoms with Crippen molar-refractivity contribution in [3.8, 4) is 0 Å². The number of hydrogen-bond acceptors (Lipinski definition) is 13. The maximum absolute atomic E-state index is 10.1. The van der Waals surface area contributed by atoms with Gasteiger partial charge >= 0.3 is 107 Å². The van der Waals surface area contributed by atoms with Crippen LogP contribution in [0, 0.1) is 0 Å². The molecule has 10 N–H and O–H groups in total. The SMILES string of the molecule is NCC(=O)O.NCC(=O)O.NCC(=O)O.O=C([O-])CC(O)(CC(=O)[O-])C(=O)[O-].[Na+].[Na+].[Na+]. The number of carboxylic acids is 6. The molecule has 0 heterocycles. The fourth-order valence-electron chi connectivity index (χ4n) is 0.684. The van der Waals surface area contributed by atoms with Crippen LogP contribution < -0.4 is 121 Å². The topological polar surface area (TPSA) is 331 Å². The molecule has 164 valence electrons. The zero-order valence-electron chi connectivity index (χ0n) is 17.2. The smallest absolute Gasteiger partial charge is 0.550 e. The Hall–Kier alpha value is -0.340. The van der Waals surface area contributed by atoms with E-state index in [2.05, 4.69) is 17.2 Å². The number of aliphatic hydroxyl groups is 1. The van der Waals surface area contributed by atoms with Gasteiger partial charge in [0.15, 0.2) is 0 Å². The number of hydrogen-bond donors (Lipinski definition) is 7. The summed E-state index contributed by atoms with van der Waals surface area (Å²) in [6.45, 7) is -0.833. The van der Waals surface area contributed by atoms with Gasteiger partial charge in [-0.3, -0.25) is 14.4 Å². The van der Waals surface area contributed by atoms with Gasteiger partial charge in [-0.2, -0.15) is 0 Å². The third-order valence-electron chi connectivity index (χ3n) is 1.78. The fourth-order valence-corrected chi connectivity index (χ4v) is 0.684. The minimum absolute atomic E-state index is 0. The molecule has 0 unspecified atom stereocenters. The van der Waals surface area contributed by atoms with Crippen LogP contribution >= 0.6 is 0 Å². The zero-order chi connectivity index (χ0) is 23.5. The normalized spacial score (nSPS) is 8.13. The van der Waals surface area contributed by atoms with Gasteiger partial charge in [-0.1, -0.05) is 0 Å². The van der Waals surface area contributed by atoms with E-state index in [-0.39, 0.29) is 108 Å². The third kappa shape index (κ3) is 48.4. The Morgan fingerprint density at radius 1 is 0.613 bits per heavy atom. The van der Waals surface area contributed by atoms with Crippen molar-refractivity contribution in [1.82, 2.24) is 0 Å². The van der Waals surface area contributed by atoms with Gasteiger partial charge in [0.05, 0.1) is 25.6 Å². The summed E-state index contributed by atoms with van der Waals surface area (Å²) in [6, 6.07) is 0. The second-order valence-corrected chi connectivity index (χ2v) is 4.21. The van der Waals surface area contributed by atoms with E-state index in [0.717, 1.165) is 0 Å². The van der Waals surface area contributed by atoms with Crippen LogP contribution in [-0.2, 0) is 28.8 Å². The first kappa shape index (κ1) is 48.2. The molecular formula is C12H20N3Na3O13. The molecule has 0 bridgehead atoms. The van der Waals surface area contributed by atoms with E-state index < -0.39 is 54.3 Å². The van der Waals surface area contributed by atoms with Crippen LogP contribution in [-0.4, -0.2) is 81.5 Å². The van der Waals surface area contributed by atoms with Gasteiger partial charge in [0, 0.05) is 24.8 Å². The maximum Gasteiger partial charge on any atom is 1.00 e. The molecule has 0 saturated carbocycles. The molecule has 0 spiro atoms. The molecule has 31 heavy (non-hydrogen) atoms. The Morgan fingerprint density at radius 2 is 0.774 bits per heavy atom. The van der Waals surface area contributed by atoms with E-state index in [1.165, 1.54) is 0 Å². The minimum Gasteiger partial charge on any atom is -0.550 e. The first-order chi connectivity index (χ1) is 12.6. The molecule has 0 atom stereocenters. The first-order valence-corrected chi connectivity index (χ1v) is 6.68. The molecule has 19 heteroatoms. The fraction of sp³-hybridized carbons (Fsp3) is 0.500. The van der Waals surface area contributed by atoms with Crippen molar-refractivity contribution in [3.05, 3.63) is 0 Å². The van der Waals surface area contributed by atoms with Crippen molar-refractivity contribution < 1.29 is 153 Å². The predicted octanol–water partition coefficient (Wildman–Crippen LogP) is -17.2. The molecule has 0 rings (SSSR count). The Balaban J connectivity index is -0.0000000542. The van der Waals surface area contributed by atoms with Crippen molar-refractivity contribution in [2.45, 2.75) is 18.4 Å². The van der Waals surface area contributed by atoms with E-state index >= 15 is 0 Å². The van der Waals surface area contributed by atoms with Crippen LogP contribution in [0.3, 0.4) is 0 Å². The number of carbonyl (C=O) groups excluding carboxylic acids is 3. The minimum atomic E-state index is -2.97. The van der Waals surface area contributed by atoms with Crippen LogP contribution in [0.15, 0.2) is 0 Å². The first-order valence-electron chi connectivity index (χ1n) is 6.68. The molecule has 0 aliphatic carbocycles.